The lowest BCUT2D eigenvalue weighted by Gasteiger charge is -2.04. The van der Waals surface area contributed by atoms with Crippen LogP contribution in [-0.4, -0.2) is 25.6 Å². The number of carbonyl (C=O) groups is 1. The molecule has 2 unspecified atom stereocenters. The van der Waals surface area contributed by atoms with Crippen LogP contribution in [0, 0.1) is 12.8 Å². The fourth-order valence-corrected chi connectivity index (χ4v) is 3.20. The molecule has 15 heavy (non-hydrogen) atoms. The molecular weight excluding hydrogens is 214 g/mol. The van der Waals surface area contributed by atoms with Crippen molar-refractivity contribution in [2.75, 3.05) is 11.1 Å². The smallest absolute Gasteiger partial charge is 0.228 e. The van der Waals surface area contributed by atoms with Gasteiger partial charge in [-0.15, -0.1) is 0 Å². The highest BCUT2D eigenvalue weighted by Crippen LogP contribution is 2.27. The van der Waals surface area contributed by atoms with Crippen LogP contribution in [-0.2, 0) is 22.6 Å². The number of nitrogens with zero attached hydrogens (tertiary/aromatic N) is 2. The predicted molar refractivity (Wildman–Crippen MR) is 57.0 cm³/mol. The van der Waals surface area contributed by atoms with Gasteiger partial charge in [-0.2, -0.15) is 5.10 Å². The summed E-state index contributed by atoms with van der Waals surface area (Å²) in [5, 5.41) is 7.55. The molecule has 0 spiro atoms. The van der Waals surface area contributed by atoms with Crippen molar-refractivity contribution in [1.29, 1.82) is 0 Å². The fraction of sp³-hybridized carbons (Fsp3) is 0.556. The predicted octanol–water partition coefficient (Wildman–Crippen LogP) is 0.424. The largest absolute Gasteiger partial charge is 0.322 e. The molecule has 0 aliphatic carbocycles. The molecule has 0 aromatic carbocycles. The summed E-state index contributed by atoms with van der Waals surface area (Å²) in [7, 11) is 0.585. The van der Waals surface area contributed by atoms with Gasteiger partial charge in [-0.05, 0) is 6.92 Å². The van der Waals surface area contributed by atoms with Crippen molar-refractivity contribution in [3.63, 3.8) is 0 Å². The molecule has 5 nitrogen and oxygen atoms in total. The van der Waals surface area contributed by atoms with Crippen LogP contribution in [0.5, 0.6) is 0 Å². The first kappa shape index (κ1) is 10.4. The van der Waals surface area contributed by atoms with Crippen molar-refractivity contribution in [3.8, 4) is 0 Å². The topological polar surface area (TPSA) is 64.0 Å². The Morgan fingerprint density at radius 1 is 1.60 bits per heavy atom. The molecule has 0 saturated heterocycles. The quantitative estimate of drug-likeness (QED) is 0.699. The molecule has 1 aliphatic rings. The van der Waals surface area contributed by atoms with Gasteiger partial charge in [0.2, 0.25) is 5.91 Å². The molecule has 1 amide bonds. The Kier molecular flexibility index (Phi) is 2.38. The van der Waals surface area contributed by atoms with Gasteiger partial charge in [-0.3, -0.25) is 13.7 Å². The molecule has 1 aliphatic heterocycles. The lowest BCUT2D eigenvalue weighted by molar-refractivity contribution is -0.118. The number of hydrogen-bond acceptors (Lipinski definition) is 3. The molecule has 0 bridgehead atoms. The van der Waals surface area contributed by atoms with E-state index in [0.29, 0.717) is 22.2 Å². The molecule has 2 heterocycles. The average molecular weight is 227 g/mol. The van der Waals surface area contributed by atoms with Crippen molar-refractivity contribution >= 4 is 22.4 Å². The zero-order chi connectivity index (χ0) is 11.2. The molecule has 6 heteroatoms. The van der Waals surface area contributed by atoms with Crippen LogP contribution < -0.4 is 5.32 Å². The first-order chi connectivity index (χ1) is 7.00. The van der Waals surface area contributed by atoms with Gasteiger partial charge >= 0.3 is 0 Å². The van der Waals surface area contributed by atoms with Crippen LogP contribution in [0.1, 0.15) is 12.6 Å². The first-order valence-corrected chi connectivity index (χ1v) is 6.05. The molecule has 0 fully saturated rings. The average Bonchev–Trinajstić information content (AvgIpc) is 2.34. The standard InChI is InChI=1S/C9H13N3O2S/c1-5-4-15(14)9-7(10-8(5)13)6(2)11-12(9)3/h5H,4H2,1-3H3,(H,10,13). The van der Waals surface area contributed by atoms with Crippen LogP contribution in [0.3, 0.4) is 0 Å². The first-order valence-electron chi connectivity index (χ1n) is 4.73. The number of aryl methyl sites for hydroxylation is 2. The second kappa shape index (κ2) is 3.44. The van der Waals surface area contributed by atoms with Gasteiger partial charge in [-0.1, -0.05) is 6.92 Å². The molecule has 0 saturated carbocycles. The Morgan fingerprint density at radius 2 is 2.27 bits per heavy atom. The van der Waals surface area contributed by atoms with E-state index in [-0.39, 0.29) is 11.8 Å². The summed E-state index contributed by atoms with van der Waals surface area (Å²) >= 11 is 0. The summed E-state index contributed by atoms with van der Waals surface area (Å²) in [4.78, 5) is 11.6. The van der Waals surface area contributed by atoms with Crippen molar-refractivity contribution in [2.45, 2.75) is 18.9 Å². The molecule has 1 aromatic rings. The van der Waals surface area contributed by atoms with Crippen LogP contribution in [0.2, 0.25) is 0 Å². The molecule has 2 rings (SSSR count). The molecular formula is C9H13N3O2S. The lowest BCUT2D eigenvalue weighted by Crippen LogP contribution is -2.22. The number of hydrogen-bond donors (Lipinski definition) is 1. The minimum absolute atomic E-state index is 0.0850. The van der Waals surface area contributed by atoms with E-state index >= 15 is 0 Å². The van der Waals surface area contributed by atoms with Gasteiger partial charge in [0.25, 0.3) is 0 Å². The molecule has 1 N–H and O–H groups in total. The number of fused-ring (bicyclic) bond motifs is 1. The van der Waals surface area contributed by atoms with E-state index < -0.39 is 10.8 Å². The summed E-state index contributed by atoms with van der Waals surface area (Å²) in [6.07, 6.45) is 0. The minimum atomic E-state index is -1.16. The second-order valence-electron chi connectivity index (χ2n) is 3.79. The van der Waals surface area contributed by atoms with E-state index in [4.69, 9.17) is 0 Å². The van der Waals surface area contributed by atoms with E-state index in [0.717, 1.165) is 0 Å². The fourth-order valence-electron chi connectivity index (χ4n) is 1.67. The maximum Gasteiger partial charge on any atom is 0.228 e. The zero-order valence-corrected chi connectivity index (χ0v) is 9.72. The van der Waals surface area contributed by atoms with Gasteiger partial charge in [-0.25, -0.2) is 0 Å². The number of rotatable bonds is 0. The van der Waals surface area contributed by atoms with Crippen LogP contribution >= 0.6 is 0 Å². The van der Waals surface area contributed by atoms with Crippen LogP contribution in [0.4, 0.5) is 5.69 Å². The van der Waals surface area contributed by atoms with Crippen molar-refractivity contribution < 1.29 is 9.00 Å². The number of amides is 1. The van der Waals surface area contributed by atoms with Crippen molar-refractivity contribution in [2.24, 2.45) is 13.0 Å². The van der Waals surface area contributed by atoms with Gasteiger partial charge in [0, 0.05) is 18.7 Å². The summed E-state index contributed by atoms with van der Waals surface area (Å²) in [5.74, 6) is 0.0495. The van der Waals surface area contributed by atoms with E-state index in [2.05, 4.69) is 10.4 Å². The Morgan fingerprint density at radius 3 is 2.93 bits per heavy atom. The maximum atomic E-state index is 12.0. The maximum absolute atomic E-state index is 12.0. The SMILES string of the molecule is Cc1nn(C)c2c1NC(=O)C(C)CS2=O. The Bertz CT molecular complexity index is 452. The third-order valence-corrected chi connectivity index (χ3v) is 4.18. The highest BCUT2D eigenvalue weighted by molar-refractivity contribution is 7.85. The third kappa shape index (κ3) is 1.58. The number of anilines is 1. The van der Waals surface area contributed by atoms with E-state index in [1.165, 1.54) is 0 Å². The minimum Gasteiger partial charge on any atom is -0.322 e. The molecule has 82 valence electrons. The van der Waals surface area contributed by atoms with Crippen LogP contribution in [0.25, 0.3) is 0 Å². The Labute approximate surface area is 90.3 Å². The zero-order valence-electron chi connectivity index (χ0n) is 8.90. The van der Waals surface area contributed by atoms with Crippen molar-refractivity contribution in [3.05, 3.63) is 5.69 Å². The summed E-state index contributed by atoms with van der Waals surface area (Å²) in [6, 6.07) is 0. The molecule has 0 radical (unpaired) electrons. The highest BCUT2D eigenvalue weighted by atomic mass is 32.2. The summed E-state index contributed by atoms with van der Waals surface area (Å²) in [5.41, 5.74) is 1.33. The number of aromatic nitrogens is 2. The third-order valence-electron chi connectivity index (χ3n) is 2.48. The summed E-state index contributed by atoms with van der Waals surface area (Å²) in [6.45, 7) is 3.58. The lowest BCUT2D eigenvalue weighted by atomic mass is 10.2. The highest BCUT2D eigenvalue weighted by Gasteiger charge is 2.28. The van der Waals surface area contributed by atoms with E-state index in [9.17, 15) is 9.00 Å². The Hall–Kier alpha value is -1.17. The van der Waals surface area contributed by atoms with Crippen molar-refractivity contribution in [1.82, 2.24) is 9.78 Å². The van der Waals surface area contributed by atoms with E-state index in [1.807, 2.05) is 0 Å². The van der Waals surface area contributed by atoms with Gasteiger partial charge in [0.1, 0.15) is 5.03 Å². The molecule has 2 atom stereocenters. The monoisotopic (exact) mass is 227 g/mol. The number of nitrogens with one attached hydrogen (secondary N) is 1. The molecule has 1 aromatic heterocycles. The summed E-state index contributed by atoms with van der Waals surface area (Å²) < 4.78 is 13.5. The second-order valence-corrected chi connectivity index (χ2v) is 5.20. The van der Waals surface area contributed by atoms with Gasteiger partial charge < -0.3 is 5.32 Å². The van der Waals surface area contributed by atoms with Gasteiger partial charge in [0.05, 0.1) is 22.2 Å². The normalized spacial score (nSPS) is 25.7. The van der Waals surface area contributed by atoms with Crippen LogP contribution in [0.15, 0.2) is 5.03 Å². The Balaban J connectivity index is 2.57. The van der Waals surface area contributed by atoms with Gasteiger partial charge in [0.15, 0.2) is 0 Å². The van der Waals surface area contributed by atoms with E-state index in [1.54, 1.807) is 25.6 Å². The number of carbonyl (C=O) groups excluding carboxylic acids is 1.